The zero-order chi connectivity index (χ0) is 11.4. The Hall–Kier alpha value is -1.15. The minimum atomic E-state index is 0.751. The highest BCUT2D eigenvalue weighted by Gasteiger charge is 2.02. The Morgan fingerprint density at radius 1 is 1.07 bits per heavy atom. The molecule has 0 unspecified atom stereocenters. The summed E-state index contributed by atoms with van der Waals surface area (Å²) in [7, 11) is 0. The number of hydrogen-bond donors (Lipinski definition) is 0. The predicted molar refractivity (Wildman–Crippen MR) is 65.4 cm³/mol. The van der Waals surface area contributed by atoms with Gasteiger partial charge in [-0.15, -0.1) is 0 Å². The largest absolute Gasteiger partial charge is 0.158 e. The number of fused-ring (bicyclic) bond motifs is 1. The van der Waals surface area contributed by atoms with E-state index in [1.165, 1.54) is 0 Å². The minimum Gasteiger partial charge on any atom is -0.158 e. The summed E-state index contributed by atoms with van der Waals surface area (Å²) in [4.78, 5) is 0. The molecule has 0 aliphatic rings. The molecular formula is C12H15ClN2. The van der Waals surface area contributed by atoms with Gasteiger partial charge in [-0.25, -0.2) is 0 Å². The van der Waals surface area contributed by atoms with E-state index in [4.69, 9.17) is 11.6 Å². The third-order valence-electron chi connectivity index (χ3n) is 2.14. The Kier molecular flexibility index (Phi) is 4.04. The highest BCUT2D eigenvalue weighted by atomic mass is 35.5. The van der Waals surface area contributed by atoms with Gasteiger partial charge in [0.05, 0.1) is 11.9 Å². The second kappa shape index (κ2) is 5.08. The van der Waals surface area contributed by atoms with Crippen molar-refractivity contribution in [1.82, 2.24) is 10.2 Å². The number of aromatic nitrogens is 2. The van der Waals surface area contributed by atoms with E-state index < -0.39 is 0 Å². The summed E-state index contributed by atoms with van der Waals surface area (Å²) in [6.45, 7) is 7.96. The maximum Gasteiger partial charge on any atom is 0.0679 e. The molecule has 0 saturated carbocycles. The molecule has 80 valence electrons. The molecule has 1 aromatic carbocycles. The molecule has 0 amide bonds. The molecule has 0 N–H and O–H groups in total. The molecule has 2 rings (SSSR count). The van der Waals surface area contributed by atoms with Crippen LogP contribution in [0, 0.1) is 13.8 Å². The van der Waals surface area contributed by atoms with Gasteiger partial charge in [0.15, 0.2) is 0 Å². The maximum atomic E-state index is 5.95. The zero-order valence-electron chi connectivity index (χ0n) is 9.50. The molecule has 0 saturated heterocycles. The van der Waals surface area contributed by atoms with Crippen LogP contribution in [0.4, 0.5) is 0 Å². The molecule has 1 heterocycles. The summed E-state index contributed by atoms with van der Waals surface area (Å²) in [5.41, 5.74) is 2.06. The van der Waals surface area contributed by atoms with Crippen molar-refractivity contribution in [2.45, 2.75) is 27.7 Å². The van der Waals surface area contributed by atoms with Crippen LogP contribution in [0.3, 0.4) is 0 Å². The zero-order valence-corrected chi connectivity index (χ0v) is 10.3. The van der Waals surface area contributed by atoms with Gasteiger partial charge in [-0.2, -0.15) is 10.2 Å². The van der Waals surface area contributed by atoms with Gasteiger partial charge in [0.1, 0.15) is 0 Å². The number of hydrogen-bond acceptors (Lipinski definition) is 2. The lowest BCUT2D eigenvalue weighted by atomic mass is 10.1. The average molecular weight is 223 g/mol. The lowest BCUT2D eigenvalue weighted by molar-refractivity contribution is 1.00. The molecule has 0 bridgehead atoms. The second-order valence-corrected chi connectivity index (χ2v) is 3.55. The molecule has 3 heteroatoms. The molecule has 1 aromatic heterocycles. The first kappa shape index (κ1) is 11.9. The van der Waals surface area contributed by atoms with Crippen LogP contribution in [0.2, 0.25) is 5.02 Å². The van der Waals surface area contributed by atoms with E-state index in [2.05, 4.69) is 10.2 Å². The monoisotopic (exact) mass is 222 g/mol. The van der Waals surface area contributed by atoms with Crippen molar-refractivity contribution in [2.75, 3.05) is 0 Å². The predicted octanol–water partition coefficient (Wildman–Crippen LogP) is 3.93. The number of halogens is 1. The van der Waals surface area contributed by atoms with Gasteiger partial charge in [-0.3, -0.25) is 0 Å². The molecule has 2 nitrogen and oxygen atoms in total. The van der Waals surface area contributed by atoms with Gasteiger partial charge < -0.3 is 0 Å². The minimum absolute atomic E-state index is 0.751. The van der Waals surface area contributed by atoms with Crippen LogP contribution < -0.4 is 0 Å². The van der Waals surface area contributed by atoms with Crippen molar-refractivity contribution in [3.8, 4) is 0 Å². The Morgan fingerprint density at radius 3 is 2.40 bits per heavy atom. The van der Waals surface area contributed by atoms with Crippen molar-refractivity contribution >= 4 is 22.4 Å². The fraction of sp³-hybridized carbons (Fsp3) is 0.333. The number of aryl methyl sites for hydroxylation is 2. The van der Waals surface area contributed by atoms with Crippen molar-refractivity contribution in [3.05, 3.63) is 34.6 Å². The first-order chi connectivity index (χ1) is 7.18. The van der Waals surface area contributed by atoms with Gasteiger partial charge in [-0.1, -0.05) is 25.4 Å². The highest BCUT2D eigenvalue weighted by molar-refractivity contribution is 6.31. The number of nitrogens with zero attached hydrogens (tertiary/aromatic N) is 2. The smallest absolute Gasteiger partial charge is 0.0679 e. The van der Waals surface area contributed by atoms with Gasteiger partial charge in [-0.05, 0) is 31.5 Å². The van der Waals surface area contributed by atoms with Gasteiger partial charge in [0, 0.05) is 15.8 Å². The lowest BCUT2D eigenvalue weighted by Crippen LogP contribution is -1.89. The van der Waals surface area contributed by atoms with Crippen LogP contribution >= 0.6 is 11.6 Å². The fourth-order valence-corrected chi connectivity index (χ4v) is 1.72. The van der Waals surface area contributed by atoms with E-state index in [0.29, 0.717) is 0 Å². The summed E-state index contributed by atoms with van der Waals surface area (Å²) in [6.07, 6.45) is 1.77. The van der Waals surface area contributed by atoms with E-state index in [-0.39, 0.29) is 0 Å². The molecule has 0 atom stereocenters. The second-order valence-electron chi connectivity index (χ2n) is 3.11. The van der Waals surface area contributed by atoms with E-state index in [1.807, 2.05) is 39.8 Å². The Morgan fingerprint density at radius 2 is 1.73 bits per heavy atom. The Labute approximate surface area is 95.3 Å². The molecular weight excluding hydrogens is 208 g/mol. The maximum absolute atomic E-state index is 5.95. The van der Waals surface area contributed by atoms with Gasteiger partial charge >= 0.3 is 0 Å². The summed E-state index contributed by atoms with van der Waals surface area (Å²) < 4.78 is 0. The van der Waals surface area contributed by atoms with Crippen molar-refractivity contribution in [3.63, 3.8) is 0 Å². The number of benzene rings is 1. The standard InChI is InChI=1S/C10H9ClN2.C2H6/c1-6-3-8(11)4-9-7(2)13-12-5-10(6)9;1-2/h3-5H,1-2H3;1-2H3. The summed E-state index contributed by atoms with van der Waals surface area (Å²) in [5, 5.41) is 10.8. The topological polar surface area (TPSA) is 25.8 Å². The first-order valence-electron chi connectivity index (χ1n) is 5.06. The molecule has 0 aliphatic carbocycles. The average Bonchev–Trinajstić information content (AvgIpc) is 2.23. The molecule has 15 heavy (non-hydrogen) atoms. The Balaban J connectivity index is 0.000000531. The molecule has 2 aromatic rings. The highest BCUT2D eigenvalue weighted by Crippen LogP contribution is 2.23. The molecule has 0 fully saturated rings. The van der Waals surface area contributed by atoms with Gasteiger partial charge in [0.2, 0.25) is 0 Å². The Bertz CT molecular complexity index is 466. The van der Waals surface area contributed by atoms with E-state index >= 15 is 0 Å². The summed E-state index contributed by atoms with van der Waals surface area (Å²) >= 11 is 5.95. The van der Waals surface area contributed by atoms with Crippen LogP contribution in [-0.4, -0.2) is 10.2 Å². The molecule has 0 radical (unpaired) electrons. The van der Waals surface area contributed by atoms with Crippen molar-refractivity contribution in [2.24, 2.45) is 0 Å². The first-order valence-corrected chi connectivity index (χ1v) is 5.44. The van der Waals surface area contributed by atoms with Crippen LogP contribution in [0.1, 0.15) is 25.1 Å². The number of rotatable bonds is 0. The quantitative estimate of drug-likeness (QED) is 0.675. The summed E-state index contributed by atoms with van der Waals surface area (Å²) in [6, 6.07) is 3.86. The van der Waals surface area contributed by atoms with Crippen LogP contribution in [0.25, 0.3) is 10.8 Å². The van der Waals surface area contributed by atoms with Gasteiger partial charge in [0.25, 0.3) is 0 Å². The third-order valence-corrected chi connectivity index (χ3v) is 2.35. The molecule has 0 aliphatic heterocycles. The molecule has 0 spiro atoms. The SMILES string of the molecule is CC.Cc1cc(Cl)cc2c(C)nncc12. The lowest BCUT2D eigenvalue weighted by Gasteiger charge is -2.03. The fourth-order valence-electron chi connectivity index (χ4n) is 1.45. The van der Waals surface area contributed by atoms with Crippen LogP contribution in [-0.2, 0) is 0 Å². The van der Waals surface area contributed by atoms with E-state index in [1.54, 1.807) is 6.20 Å². The summed E-state index contributed by atoms with van der Waals surface area (Å²) in [5.74, 6) is 0. The van der Waals surface area contributed by atoms with Crippen molar-refractivity contribution < 1.29 is 0 Å². The van der Waals surface area contributed by atoms with E-state index in [0.717, 1.165) is 27.1 Å². The van der Waals surface area contributed by atoms with Crippen molar-refractivity contribution in [1.29, 1.82) is 0 Å². The third kappa shape index (κ3) is 2.45. The van der Waals surface area contributed by atoms with Crippen LogP contribution in [0.5, 0.6) is 0 Å². The van der Waals surface area contributed by atoms with Crippen LogP contribution in [0.15, 0.2) is 18.3 Å². The normalized spacial score (nSPS) is 9.67. The van der Waals surface area contributed by atoms with E-state index in [9.17, 15) is 0 Å².